The number of anilines is 1. The summed E-state index contributed by atoms with van der Waals surface area (Å²) in [6.45, 7) is 6.28. The van der Waals surface area contributed by atoms with Crippen LogP contribution >= 0.6 is 12.2 Å². The Bertz CT molecular complexity index is 1010. The molecule has 2 aromatic carbocycles. The molecule has 0 unspecified atom stereocenters. The van der Waals surface area contributed by atoms with E-state index in [0.717, 1.165) is 19.3 Å². The van der Waals surface area contributed by atoms with E-state index in [1.807, 2.05) is 6.07 Å². The van der Waals surface area contributed by atoms with Crippen LogP contribution in [0, 0.1) is 0 Å². The first-order valence-corrected chi connectivity index (χ1v) is 11.8. The summed E-state index contributed by atoms with van der Waals surface area (Å²) in [6.07, 6.45) is 4.53. The molecule has 0 aliphatic rings. The second-order valence-corrected chi connectivity index (χ2v) is 8.80. The van der Waals surface area contributed by atoms with Gasteiger partial charge in [-0.05, 0) is 55.0 Å². The van der Waals surface area contributed by atoms with Crippen molar-refractivity contribution in [2.45, 2.75) is 31.1 Å². The van der Waals surface area contributed by atoms with Gasteiger partial charge in [0, 0.05) is 12.2 Å². The van der Waals surface area contributed by atoms with Crippen molar-refractivity contribution in [3.8, 4) is 5.75 Å². The van der Waals surface area contributed by atoms with Crippen molar-refractivity contribution in [1.29, 1.82) is 0 Å². The molecular formula is C22H27N3O4S2. The molecule has 0 aliphatic carbocycles. The minimum absolute atomic E-state index is 0.0891. The average molecular weight is 462 g/mol. The molecule has 0 aromatic heterocycles. The Kier molecular flexibility index (Phi) is 9.64. The zero-order valence-electron chi connectivity index (χ0n) is 17.4. The number of thiocarbonyl (C=S) groups is 1. The molecule has 2 rings (SSSR count). The fourth-order valence-electron chi connectivity index (χ4n) is 2.62. The number of carbonyl (C=O) groups excluding carboxylic acids is 1. The van der Waals surface area contributed by atoms with Crippen molar-refractivity contribution in [2.24, 2.45) is 0 Å². The summed E-state index contributed by atoms with van der Waals surface area (Å²) in [6, 6.07) is 13.0. The fraction of sp³-hybridized carbons (Fsp3) is 0.273. The van der Waals surface area contributed by atoms with Crippen molar-refractivity contribution < 1.29 is 17.9 Å². The Hall–Kier alpha value is -2.75. The van der Waals surface area contributed by atoms with Crippen LogP contribution < -0.4 is 20.1 Å². The predicted octanol–water partition coefficient (Wildman–Crippen LogP) is 3.85. The normalized spacial score (nSPS) is 10.9. The summed E-state index contributed by atoms with van der Waals surface area (Å²) in [5, 5.41) is 5.58. The van der Waals surface area contributed by atoms with Gasteiger partial charge in [-0.2, -0.15) is 0 Å². The lowest BCUT2D eigenvalue weighted by Crippen LogP contribution is -2.34. The zero-order chi connectivity index (χ0) is 22.7. The van der Waals surface area contributed by atoms with E-state index in [2.05, 4.69) is 28.9 Å². The molecule has 0 fully saturated rings. The highest BCUT2D eigenvalue weighted by Crippen LogP contribution is 2.19. The first kappa shape index (κ1) is 24.5. The number of ether oxygens (including phenoxy) is 1. The van der Waals surface area contributed by atoms with Gasteiger partial charge in [0.1, 0.15) is 5.75 Å². The number of rotatable bonds is 11. The summed E-state index contributed by atoms with van der Waals surface area (Å²) in [4.78, 5) is 12.7. The first-order chi connectivity index (χ1) is 14.9. The summed E-state index contributed by atoms with van der Waals surface area (Å²) in [5.41, 5.74) is 0.926. The highest BCUT2D eigenvalue weighted by molar-refractivity contribution is 7.89. The molecule has 0 saturated heterocycles. The topological polar surface area (TPSA) is 96.5 Å². The van der Waals surface area contributed by atoms with Crippen LogP contribution in [0.15, 0.2) is 66.1 Å². The molecule has 9 heteroatoms. The van der Waals surface area contributed by atoms with Crippen molar-refractivity contribution in [2.75, 3.05) is 18.5 Å². The van der Waals surface area contributed by atoms with Crippen LogP contribution in [0.25, 0.3) is 0 Å². The van der Waals surface area contributed by atoms with Gasteiger partial charge in [-0.25, -0.2) is 13.1 Å². The molecule has 166 valence electrons. The van der Waals surface area contributed by atoms with Crippen LogP contribution in [0.4, 0.5) is 5.69 Å². The maximum Gasteiger partial charge on any atom is 0.261 e. The molecule has 0 bridgehead atoms. The van der Waals surface area contributed by atoms with E-state index in [1.54, 1.807) is 30.3 Å². The molecule has 3 N–H and O–H groups in total. The number of nitrogens with one attached hydrogen (secondary N) is 3. The number of amides is 1. The summed E-state index contributed by atoms with van der Waals surface area (Å²) in [5.74, 6) is 0.108. The third-order valence-corrected chi connectivity index (χ3v) is 5.85. The average Bonchev–Trinajstić information content (AvgIpc) is 2.76. The molecular weight excluding hydrogens is 434 g/mol. The van der Waals surface area contributed by atoms with Gasteiger partial charge in [0.2, 0.25) is 10.0 Å². The number of sulfonamides is 1. The number of para-hydroxylation sites is 1. The highest BCUT2D eigenvalue weighted by Gasteiger charge is 2.15. The SMILES string of the molecule is C=CCNS(=O)(=O)c1ccc(NC(=S)NC(=O)c2ccccc2OCCCCC)cc1. The number of benzene rings is 2. The van der Waals surface area contributed by atoms with Crippen molar-refractivity contribution >= 4 is 38.9 Å². The number of hydrogen-bond acceptors (Lipinski definition) is 5. The summed E-state index contributed by atoms with van der Waals surface area (Å²) in [7, 11) is -3.60. The van der Waals surface area contributed by atoms with Crippen molar-refractivity contribution in [1.82, 2.24) is 10.0 Å². The quantitative estimate of drug-likeness (QED) is 0.267. The van der Waals surface area contributed by atoms with E-state index in [1.165, 1.54) is 18.2 Å². The molecule has 7 nitrogen and oxygen atoms in total. The van der Waals surface area contributed by atoms with Gasteiger partial charge in [0.05, 0.1) is 17.1 Å². The molecule has 1 amide bonds. The molecule has 0 radical (unpaired) electrons. The largest absolute Gasteiger partial charge is 0.493 e. The van der Waals surface area contributed by atoms with Crippen LogP contribution in [-0.4, -0.2) is 32.6 Å². The fourth-order valence-corrected chi connectivity index (χ4v) is 3.83. The van der Waals surface area contributed by atoms with Crippen LogP contribution in [0.3, 0.4) is 0 Å². The monoisotopic (exact) mass is 461 g/mol. The highest BCUT2D eigenvalue weighted by atomic mass is 32.2. The second kappa shape index (κ2) is 12.2. The molecule has 0 atom stereocenters. The molecule has 0 saturated carbocycles. The predicted molar refractivity (Wildman–Crippen MR) is 127 cm³/mol. The van der Waals surface area contributed by atoms with Crippen LogP contribution in [0.2, 0.25) is 0 Å². The number of carbonyl (C=O) groups is 1. The summed E-state index contributed by atoms with van der Waals surface area (Å²) < 4.78 is 32.3. The molecule has 31 heavy (non-hydrogen) atoms. The Morgan fingerprint density at radius 3 is 2.52 bits per heavy atom. The van der Waals surface area contributed by atoms with Crippen LogP contribution in [0.5, 0.6) is 5.75 Å². The maximum atomic E-state index is 12.6. The third kappa shape index (κ3) is 7.78. The lowest BCUT2D eigenvalue weighted by Gasteiger charge is -2.13. The van der Waals surface area contributed by atoms with Gasteiger partial charge < -0.3 is 10.1 Å². The minimum atomic E-state index is -3.60. The van der Waals surface area contributed by atoms with Gasteiger partial charge in [-0.15, -0.1) is 6.58 Å². The minimum Gasteiger partial charge on any atom is -0.493 e. The standard InChI is InChI=1S/C22H27N3O4S2/c1-3-5-8-16-29-20-10-7-6-9-19(20)21(26)25-22(30)24-17-11-13-18(14-12-17)31(27,28)23-15-4-2/h4,6-7,9-14,23H,2-3,5,8,15-16H2,1H3,(H2,24,25,26,30). The van der Waals surface area contributed by atoms with Crippen LogP contribution in [0.1, 0.15) is 36.5 Å². The smallest absolute Gasteiger partial charge is 0.261 e. The Morgan fingerprint density at radius 1 is 1.13 bits per heavy atom. The van der Waals surface area contributed by atoms with E-state index in [0.29, 0.717) is 23.6 Å². The van der Waals surface area contributed by atoms with E-state index in [4.69, 9.17) is 17.0 Å². The Morgan fingerprint density at radius 2 is 1.84 bits per heavy atom. The van der Waals surface area contributed by atoms with Crippen LogP contribution in [-0.2, 0) is 10.0 Å². The molecule has 0 aliphatic heterocycles. The molecule has 0 spiro atoms. The van der Waals surface area contributed by atoms with Gasteiger partial charge >= 0.3 is 0 Å². The summed E-state index contributed by atoms with van der Waals surface area (Å²) >= 11 is 5.22. The van der Waals surface area contributed by atoms with Gasteiger partial charge in [0.25, 0.3) is 5.91 Å². The number of hydrogen-bond donors (Lipinski definition) is 3. The Labute approximate surface area is 188 Å². The van der Waals surface area contributed by atoms with E-state index < -0.39 is 15.9 Å². The zero-order valence-corrected chi connectivity index (χ0v) is 19.0. The molecule has 0 heterocycles. The van der Waals surface area contributed by atoms with Gasteiger partial charge in [0.15, 0.2) is 5.11 Å². The lowest BCUT2D eigenvalue weighted by atomic mass is 10.2. The Balaban J connectivity index is 1.97. The molecule has 2 aromatic rings. The van der Waals surface area contributed by atoms with E-state index in [9.17, 15) is 13.2 Å². The van der Waals surface area contributed by atoms with Gasteiger partial charge in [-0.3, -0.25) is 10.1 Å². The van der Waals surface area contributed by atoms with Gasteiger partial charge in [-0.1, -0.05) is 38.0 Å². The van der Waals surface area contributed by atoms with E-state index in [-0.39, 0.29) is 16.6 Å². The lowest BCUT2D eigenvalue weighted by molar-refractivity contribution is 0.0973. The van der Waals surface area contributed by atoms with E-state index >= 15 is 0 Å². The third-order valence-electron chi connectivity index (χ3n) is 4.20. The second-order valence-electron chi connectivity index (χ2n) is 6.62. The number of unbranched alkanes of at least 4 members (excludes halogenated alkanes) is 2. The van der Waals surface area contributed by atoms with Crippen molar-refractivity contribution in [3.63, 3.8) is 0 Å². The van der Waals surface area contributed by atoms with Crippen molar-refractivity contribution in [3.05, 3.63) is 66.7 Å². The maximum absolute atomic E-state index is 12.6. The first-order valence-electron chi connectivity index (χ1n) is 9.92.